The topological polar surface area (TPSA) is 46.9 Å². The van der Waals surface area contributed by atoms with Crippen LogP contribution in [-0.4, -0.2) is 22.0 Å². The van der Waals surface area contributed by atoms with Crippen LogP contribution in [0.1, 0.15) is 29.8 Å². The van der Waals surface area contributed by atoms with Gasteiger partial charge in [0.05, 0.1) is 5.52 Å². The molecule has 0 bridgehead atoms. The number of aryl methyl sites for hydroxylation is 2. The Bertz CT molecular complexity index is 1150. The molecule has 1 N–H and O–H groups in total. The van der Waals surface area contributed by atoms with E-state index in [2.05, 4.69) is 54.8 Å². The second-order valence-corrected chi connectivity index (χ2v) is 7.39. The molecule has 0 aliphatic heterocycles. The van der Waals surface area contributed by atoms with Crippen LogP contribution in [0.4, 0.5) is 0 Å². The number of aromatic nitrogens is 2. The maximum absolute atomic E-state index is 12.5. The Labute approximate surface area is 152 Å². The van der Waals surface area contributed by atoms with Crippen molar-refractivity contribution < 1.29 is 4.79 Å². The number of carbonyl (C=O) groups excluding carboxylic acids is 1. The molecule has 0 radical (unpaired) electrons. The molecule has 4 heteroatoms. The molecule has 4 rings (SSSR count). The van der Waals surface area contributed by atoms with Gasteiger partial charge in [0.2, 0.25) is 0 Å². The molecule has 132 valence electrons. The van der Waals surface area contributed by atoms with Gasteiger partial charge in [0, 0.05) is 53.2 Å². The number of hydrogen-bond acceptors (Lipinski definition) is 2. The Kier molecular flexibility index (Phi) is 3.91. The molecule has 0 saturated carbocycles. The molecule has 0 saturated heterocycles. The molecule has 2 aromatic heterocycles. The van der Waals surface area contributed by atoms with Crippen molar-refractivity contribution in [1.82, 2.24) is 14.9 Å². The summed E-state index contributed by atoms with van der Waals surface area (Å²) in [5, 5.41) is 7.61. The molecule has 2 heterocycles. The average molecular weight is 345 g/mol. The molecule has 1 amide bonds. The second-order valence-electron chi connectivity index (χ2n) is 7.39. The highest BCUT2D eigenvalue weighted by Gasteiger charge is 2.15. The minimum absolute atomic E-state index is 0.0169. The quantitative estimate of drug-likeness (QED) is 0.591. The summed E-state index contributed by atoms with van der Waals surface area (Å²) in [6.07, 6.45) is 3.74. The molecular formula is C22H23N3O. The van der Waals surface area contributed by atoms with Crippen molar-refractivity contribution in [3.63, 3.8) is 0 Å². The number of nitrogens with zero attached hydrogens (tertiary/aromatic N) is 2. The van der Waals surface area contributed by atoms with Gasteiger partial charge >= 0.3 is 0 Å². The lowest BCUT2D eigenvalue weighted by atomic mass is 10.0. The average Bonchev–Trinajstić information content (AvgIpc) is 2.92. The van der Waals surface area contributed by atoms with E-state index >= 15 is 0 Å². The van der Waals surface area contributed by atoms with Crippen LogP contribution in [0.3, 0.4) is 0 Å². The van der Waals surface area contributed by atoms with Crippen molar-refractivity contribution in [3.05, 3.63) is 53.9 Å². The van der Waals surface area contributed by atoms with Crippen molar-refractivity contribution in [2.75, 3.05) is 6.54 Å². The van der Waals surface area contributed by atoms with E-state index in [1.165, 1.54) is 21.9 Å². The van der Waals surface area contributed by atoms with Gasteiger partial charge in [-0.2, -0.15) is 0 Å². The molecule has 4 nitrogen and oxygen atoms in total. The minimum Gasteiger partial charge on any atom is -0.352 e. The first kappa shape index (κ1) is 16.6. The maximum atomic E-state index is 12.5. The number of amides is 1. The molecule has 0 unspecified atom stereocenters. The zero-order chi connectivity index (χ0) is 18.4. The van der Waals surface area contributed by atoms with E-state index in [9.17, 15) is 4.79 Å². The van der Waals surface area contributed by atoms with Gasteiger partial charge in [-0.25, -0.2) is 0 Å². The van der Waals surface area contributed by atoms with Crippen LogP contribution in [0.2, 0.25) is 0 Å². The fraction of sp³-hybridized carbons (Fsp3) is 0.273. The summed E-state index contributed by atoms with van der Waals surface area (Å²) in [7, 11) is 2.09. The highest BCUT2D eigenvalue weighted by molar-refractivity contribution is 6.15. The first-order chi connectivity index (χ1) is 12.5. The molecular weight excluding hydrogens is 322 g/mol. The first-order valence-corrected chi connectivity index (χ1v) is 9.01. The molecule has 2 aromatic carbocycles. The van der Waals surface area contributed by atoms with E-state index in [-0.39, 0.29) is 5.91 Å². The number of hydrogen-bond donors (Lipinski definition) is 1. The molecule has 0 fully saturated rings. The molecule has 26 heavy (non-hydrogen) atoms. The fourth-order valence-corrected chi connectivity index (χ4v) is 3.76. The van der Waals surface area contributed by atoms with Crippen molar-refractivity contribution in [2.24, 2.45) is 13.0 Å². The third-order valence-corrected chi connectivity index (χ3v) is 5.08. The van der Waals surface area contributed by atoms with Crippen LogP contribution < -0.4 is 5.32 Å². The van der Waals surface area contributed by atoms with Gasteiger partial charge in [-0.15, -0.1) is 0 Å². The highest BCUT2D eigenvalue weighted by atomic mass is 16.1. The fourth-order valence-electron chi connectivity index (χ4n) is 3.76. The summed E-state index contributed by atoms with van der Waals surface area (Å²) in [6, 6.07) is 10.2. The van der Waals surface area contributed by atoms with Crippen LogP contribution in [-0.2, 0) is 7.05 Å². The zero-order valence-corrected chi connectivity index (χ0v) is 15.6. The SMILES string of the molecule is Cc1c2ccncc2cc2c3cc(C(=O)NCC(C)C)ccc3n(C)c12. The van der Waals surface area contributed by atoms with Gasteiger partial charge in [-0.1, -0.05) is 13.8 Å². The summed E-state index contributed by atoms with van der Waals surface area (Å²) in [5.74, 6) is 0.415. The number of carbonyl (C=O) groups is 1. The lowest BCUT2D eigenvalue weighted by Crippen LogP contribution is -2.27. The van der Waals surface area contributed by atoms with E-state index < -0.39 is 0 Å². The third kappa shape index (κ3) is 2.53. The van der Waals surface area contributed by atoms with E-state index in [1.54, 1.807) is 0 Å². The molecule has 0 spiro atoms. The number of nitrogens with one attached hydrogen (secondary N) is 1. The molecule has 0 atom stereocenters. The standard InChI is InChI=1S/C22H23N3O/c1-13(2)11-24-22(26)15-5-6-20-18(9-15)19-10-16-12-23-8-7-17(16)14(3)21(19)25(20)4/h5-10,12-13H,11H2,1-4H3,(H,24,26). The summed E-state index contributed by atoms with van der Waals surface area (Å²) in [5.41, 5.74) is 4.28. The summed E-state index contributed by atoms with van der Waals surface area (Å²) in [6.45, 7) is 7.02. The molecule has 0 aliphatic rings. The maximum Gasteiger partial charge on any atom is 0.251 e. The van der Waals surface area contributed by atoms with Crippen molar-refractivity contribution in [3.8, 4) is 0 Å². The highest BCUT2D eigenvalue weighted by Crippen LogP contribution is 2.35. The first-order valence-electron chi connectivity index (χ1n) is 9.01. The van der Waals surface area contributed by atoms with Crippen molar-refractivity contribution >= 4 is 38.5 Å². The van der Waals surface area contributed by atoms with Gasteiger partial charge in [0.15, 0.2) is 0 Å². The monoisotopic (exact) mass is 345 g/mol. The zero-order valence-electron chi connectivity index (χ0n) is 15.6. The van der Waals surface area contributed by atoms with Crippen LogP contribution in [0.25, 0.3) is 32.6 Å². The molecule has 4 aromatic rings. The number of benzene rings is 2. The smallest absolute Gasteiger partial charge is 0.251 e. The lowest BCUT2D eigenvalue weighted by molar-refractivity contribution is 0.0949. The normalized spacial score (nSPS) is 11.7. The van der Waals surface area contributed by atoms with Crippen molar-refractivity contribution in [2.45, 2.75) is 20.8 Å². The Morgan fingerprint density at radius 2 is 1.96 bits per heavy atom. The van der Waals surface area contributed by atoms with Crippen molar-refractivity contribution in [1.29, 1.82) is 0 Å². The third-order valence-electron chi connectivity index (χ3n) is 5.08. The Morgan fingerprint density at radius 3 is 2.73 bits per heavy atom. The summed E-state index contributed by atoms with van der Waals surface area (Å²) in [4.78, 5) is 16.8. The van der Waals surface area contributed by atoms with Crippen LogP contribution in [0.5, 0.6) is 0 Å². The largest absolute Gasteiger partial charge is 0.352 e. The molecule has 0 aliphatic carbocycles. The van der Waals surface area contributed by atoms with E-state index in [4.69, 9.17) is 0 Å². The van der Waals surface area contributed by atoms with E-state index in [0.717, 1.165) is 16.3 Å². The van der Waals surface area contributed by atoms with Gasteiger partial charge < -0.3 is 9.88 Å². The predicted octanol–water partition coefficient (Wildman–Crippen LogP) is 4.57. The van der Waals surface area contributed by atoms with Gasteiger partial charge in [-0.3, -0.25) is 9.78 Å². The second kappa shape index (κ2) is 6.13. The van der Waals surface area contributed by atoms with E-state index in [0.29, 0.717) is 18.0 Å². The van der Waals surface area contributed by atoms with Gasteiger partial charge in [-0.05, 0) is 54.1 Å². The Hall–Kier alpha value is -2.88. The Balaban J connectivity index is 1.95. The number of pyridine rings is 1. The van der Waals surface area contributed by atoms with Gasteiger partial charge in [0.1, 0.15) is 0 Å². The predicted molar refractivity (Wildman–Crippen MR) is 108 cm³/mol. The lowest BCUT2D eigenvalue weighted by Gasteiger charge is -2.08. The van der Waals surface area contributed by atoms with Crippen LogP contribution >= 0.6 is 0 Å². The minimum atomic E-state index is -0.0169. The van der Waals surface area contributed by atoms with Crippen LogP contribution in [0.15, 0.2) is 42.7 Å². The van der Waals surface area contributed by atoms with Crippen LogP contribution in [0, 0.1) is 12.8 Å². The number of fused-ring (bicyclic) bond motifs is 4. The Morgan fingerprint density at radius 1 is 1.15 bits per heavy atom. The number of rotatable bonds is 3. The van der Waals surface area contributed by atoms with E-state index in [1.807, 2.05) is 30.6 Å². The summed E-state index contributed by atoms with van der Waals surface area (Å²) >= 11 is 0. The van der Waals surface area contributed by atoms with Gasteiger partial charge in [0.25, 0.3) is 5.91 Å². The summed E-state index contributed by atoms with van der Waals surface area (Å²) < 4.78 is 2.22.